The van der Waals surface area contributed by atoms with Gasteiger partial charge in [-0.1, -0.05) is 13.0 Å². The van der Waals surface area contributed by atoms with Gasteiger partial charge in [0.2, 0.25) is 0 Å². The van der Waals surface area contributed by atoms with Gasteiger partial charge in [0.15, 0.2) is 5.75 Å². The highest BCUT2D eigenvalue weighted by molar-refractivity contribution is 5.38. The first-order valence-corrected chi connectivity index (χ1v) is 4.41. The lowest BCUT2D eigenvalue weighted by atomic mass is 10.0. The molecule has 1 aromatic carbocycles. The van der Waals surface area contributed by atoms with E-state index in [2.05, 4.69) is 0 Å². The predicted molar refractivity (Wildman–Crippen MR) is 47.1 cm³/mol. The van der Waals surface area contributed by atoms with E-state index in [1.165, 1.54) is 0 Å². The quantitative estimate of drug-likeness (QED) is 0.707. The molecular formula is C10H12O3. The van der Waals surface area contributed by atoms with E-state index in [0.29, 0.717) is 6.61 Å². The fourth-order valence-electron chi connectivity index (χ4n) is 1.39. The molecule has 0 fully saturated rings. The van der Waals surface area contributed by atoms with Crippen molar-refractivity contribution in [2.45, 2.75) is 26.1 Å². The van der Waals surface area contributed by atoms with Gasteiger partial charge in [0, 0.05) is 5.56 Å². The van der Waals surface area contributed by atoms with Crippen molar-refractivity contribution < 1.29 is 14.9 Å². The van der Waals surface area contributed by atoms with Crippen molar-refractivity contribution >= 4 is 0 Å². The minimum Gasteiger partial charge on any atom is -0.388 e. The van der Waals surface area contributed by atoms with E-state index in [4.69, 9.17) is 9.78 Å². The van der Waals surface area contributed by atoms with Gasteiger partial charge < -0.3 is 9.99 Å². The molecule has 0 saturated carbocycles. The van der Waals surface area contributed by atoms with E-state index in [0.717, 1.165) is 23.3 Å². The van der Waals surface area contributed by atoms with Crippen LogP contribution in [0.4, 0.5) is 0 Å². The van der Waals surface area contributed by atoms with Gasteiger partial charge in [-0.05, 0) is 24.1 Å². The first-order valence-electron chi connectivity index (χ1n) is 4.41. The third-order valence-corrected chi connectivity index (χ3v) is 2.22. The van der Waals surface area contributed by atoms with Crippen LogP contribution in [-0.4, -0.2) is 5.11 Å². The van der Waals surface area contributed by atoms with Crippen molar-refractivity contribution in [3.8, 4) is 5.75 Å². The molecule has 0 amide bonds. The highest BCUT2D eigenvalue weighted by Gasteiger charge is 2.15. The lowest BCUT2D eigenvalue weighted by Crippen LogP contribution is -1.95. The van der Waals surface area contributed by atoms with E-state index in [1.54, 1.807) is 0 Å². The number of hydrogen-bond donors (Lipinski definition) is 1. The van der Waals surface area contributed by atoms with Crippen LogP contribution in [-0.2, 0) is 11.5 Å². The highest BCUT2D eigenvalue weighted by Crippen LogP contribution is 2.29. The molecule has 0 aromatic heterocycles. The minimum atomic E-state index is -0.383. The summed E-state index contributed by atoms with van der Waals surface area (Å²) in [6.07, 6.45) is 0.339. The summed E-state index contributed by atoms with van der Waals surface area (Å²) in [4.78, 5) is 9.69. The predicted octanol–water partition coefficient (Wildman–Crippen LogP) is 1.95. The average molecular weight is 180 g/mol. The number of fused-ring (bicyclic) bond motifs is 1. The summed E-state index contributed by atoms with van der Waals surface area (Å²) >= 11 is 0. The van der Waals surface area contributed by atoms with E-state index < -0.39 is 0 Å². The number of hydrogen-bond acceptors (Lipinski definition) is 3. The van der Waals surface area contributed by atoms with Crippen molar-refractivity contribution in [2.75, 3.05) is 0 Å². The molecule has 1 unspecified atom stereocenters. The fraction of sp³-hybridized carbons (Fsp3) is 0.400. The number of aliphatic hydroxyl groups is 1. The second-order valence-corrected chi connectivity index (χ2v) is 3.14. The second-order valence-electron chi connectivity index (χ2n) is 3.14. The smallest absolute Gasteiger partial charge is 0.171 e. The Morgan fingerprint density at radius 2 is 2.38 bits per heavy atom. The maximum absolute atomic E-state index is 9.58. The molecule has 1 N–H and O–H groups in total. The highest BCUT2D eigenvalue weighted by atomic mass is 17.2. The van der Waals surface area contributed by atoms with Crippen LogP contribution in [0.3, 0.4) is 0 Å². The van der Waals surface area contributed by atoms with Crippen LogP contribution in [0.2, 0.25) is 0 Å². The van der Waals surface area contributed by atoms with Crippen LogP contribution >= 0.6 is 0 Å². The van der Waals surface area contributed by atoms with Crippen LogP contribution in [0.5, 0.6) is 5.75 Å². The fourth-order valence-corrected chi connectivity index (χ4v) is 1.39. The van der Waals surface area contributed by atoms with Gasteiger partial charge in [-0.3, -0.25) is 0 Å². The summed E-state index contributed by atoms with van der Waals surface area (Å²) in [5.74, 6) is 0.757. The van der Waals surface area contributed by atoms with Crippen LogP contribution in [0.15, 0.2) is 18.2 Å². The van der Waals surface area contributed by atoms with Crippen molar-refractivity contribution in [1.82, 2.24) is 0 Å². The van der Waals surface area contributed by atoms with Gasteiger partial charge >= 0.3 is 0 Å². The number of aliphatic hydroxyl groups excluding tert-OH is 1. The SMILES string of the molecule is CCC(O)c1ccc2c(c1)COO2. The van der Waals surface area contributed by atoms with Gasteiger partial charge in [-0.25, -0.2) is 0 Å². The topological polar surface area (TPSA) is 38.7 Å². The van der Waals surface area contributed by atoms with Crippen LogP contribution < -0.4 is 4.89 Å². The van der Waals surface area contributed by atoms with Gasteiger partial charge in [-0.15, -0.1) is 0 Å². The maximum atomic E-state index is 9.58. The molecule has 1 aliphatic heterocycles. The molecule has 2 rings (SSSR count). The van der Waals surface area contributed by atoms with Crippen LogP contribution in [0, 0.1) is 0 Å². The largest absolute Gasteiger partial charge is 0.388 e. The second kappa shape index (κ2) is 3.36. The Kier molecular flexibility index (Phi) is 2.20. The molecule has 0 aliphatic carbocycles. The Hall–Kier alpha value is -1.06. The summed E-state index contributed by atoms with van der Waals surface area (Å²) in [6.45, 7) is 2.42. The Bertz CT molecular complexity index is 309. The molecule has 3 nitrogen and oxygen atoms in total. The van der Waals surface area contributed by atoms with Gasteiger partial charge in [-0.2, -0.15) is 4.89 Å². The Morgan fingerprint density at radius 3 is 3.15 bits per heavy atom. The van der Waals surface area contributed by atoms with E-state index in [1.807, 2.05) is 25.1 Å². The molecule has 0 radical (unpaired) electrons. The Labute approximate surface area is 76.8 Å². The van der Waals surface area contributed by atoms with E-state index in [-0.39, 0.29) is 6.10 Å². The molecule has 70 valence electrons. The molecule has 1 aromatic rings. The standard InChI is InChI=1S/C10H12O3/c1-2-9(11)7-3-4-10-8(5-7)6-12-13-10/h3-5,9,11H,2,6H2,1H3. The summed E-state index contributed by atoms with van der Waals surface area (Å²) in [7, 11) is 0. The Balaban J connectivity index is 2.30. The third-order valence-electron chi connectivity index (χ3n) is 2.22. The average Bonchev–Trinajstić information content (AvgIpc) is 2.63. The minimum absolute atomic E-state index is 0.383. The van der Waals surface area contributed by atoms with Crippen LogP contribution in [0.1, 0.15) is 30.6 Å². The molecule has 3 heteroatoms. The lowest BCUT2D eigenvalue weighted by molar-refractivity contribution is -0.194. The van der Waals surface area contributed by atoms with Crippen LogP contribution in [0.25, 0.3) is 0 Å². The van der Waals surface area contributed by atoms with Crippen molar-refractivity contribution in [2.24, 2.45) is 0 Å². The molecule has 0 spiro atoms. The summed E-state index contributed by atoms with van der Waals surface area (Å²) in [6, 6.07) is 5.62. The zero-order valence-corrected chi connectivity index (χ0v) is 7.49. The van der Waals surface area contributed by atoms with Crippen molar-refractivity contribution in [1.29, 1.82) is 0 Å². The first kappa shape index (κ1) is 8.53. The molecule has 1 aliphatic rings. The number of rotatable bonds is 2. The zero-order valence-electron chi connectivity index (χ0n) is 7.49. The molecule has 1 atom stereocenters. The summed E-state index contributed by atoms with van der Waals surface area (Å²) in [5, 5.41) is 9.58. The normalized spacial score (nSPS) is 16.5. The maximum Gasteiger partial charge on any atom is 0.171 e. The van der Waals surface area contributed by atoms with Gasteiger partial charge in [0.25, 0.3) is 0 Å². The summed E-state index contributed by atoms with van der Waals surface area (Å²) in [5.41, 5.74) is 1.93. The van der Waals surface area contributed by atoms with E-state index in [9.17, 15) is 5.11 Å². The van der Waals surface area contributed by atoms with Gasteiger partial charge in [0.05, 0.1) is 6.10 Å². The van der Waals surface area contributed by atoms with E-state index >= 15 is 0 Å². The monoisotopic (exact) mass is 180 g/mol. The van der Waals surface area contributed by atoms with Crippen molar-refractivity contribution in [3.63, 3.8) is 0 Å². The Morgan fingerprint density at radius 1 is 1.54 bits per heavy atom. The molecule has 1 heterocycles. The summed E-state index contributed by atoms with van der Waals surface area (Å²) < 4.78 is 0. The third kappa shape index (κ3) is 1.53. The zero-order chi connectivity index (χ0) is 9.26. The van der Waals surface area contributed by atoms with Crippen molar-refractivity contribution in [3.05, 3.63) is 29.3 Å². The number of benzene rings is 1. The van der Waals surface area contributed by atoms with Gasteiger partial charge in [0.1, 0.15) is 6.61 Å². The molecule has 13 heavy (non-hydrogen) atoms. The molecule has 0 saturated heterocycles. The molecular weight excluding hydrogens is 168 g/mol. The lowest BCUT2D eigenvalue weighted by Gasteiger charge is -2.07. The molecule has 0 bridgehead atoms. The first-order chi connectivity index (χ1) is 6.31.